The molecule has 0 fully saturated rings. The van der Waals surface area contributed by atoms with Gasteiger partial charge >= 0.3 is 0 Å². The summed E-state index contributed by atoms with van der Waals surface area (Å²) in [4.78, 5) is 45.6. The Morgan fingerprint density at radius 1 is 1.24 bits per heavy atom. The normalized spacial score (nSPS) is 15.3. The first-order valence-electron chi connectivity index (χ1n) is 11.1. The topological polar surface area (TPSA) is 107 Å². The van der Waals surface area contributed by atoms with Gasteiger partial charge in [-0.15, -0.1) is 22.7 Å². The quantitative estimate of drug-likeness (QED) is 0.432. The van der Waals surface area contributed by atoms with Gasteiger partial charge in [0.25, 0.3) is 11.5 Å². The van der Waals surface area contributed by atoms with E-state index >= 15 is 0 Å². The van der Waals surface area contributed by atoms with Crippen molar-refractivity contribution in [3.63, 3.8) is 0 Å². The van der Waals surface area contributed by atoms with E-state index in [9.17, 15) is 14.4 Å². The lowest BCUT2D eigenvalue weighted by Crippen LogP contribution is -2.30. The fourth-order valence-corrected chi connectivity index (χ4v) is 6.96. The van der Waals surface area contributed by atoms with Crippen molar-refractivity contribution in [3.8, 4) is 10.4 Å². The molecule has 0 aliphatic heterocycles. The Balaban J connectivity index is 1.44. The lowest BCUT2D eigenvalue weighted by molar-refractivity contribution is -0.116. The van der Waals surface area contributed by atoms with Gasteiger partial charge in [0.15, 0.2) is 0 Å². The number of carbonyl (C=O) groups is 2. The Labute approximate surface area is 204 Å². The lowest BCUT2D eigenvalue weighted by atomic mass is 9.88. The molecule has 7 nitrogen and oxygen atoms in total. The van der Waals surface area contributed by atoms with Gasteiger partial charge in [-0.1, -0.05) is 37.3 Å². The summed E-state index contributed by atoms with van der Waals surface area (Å²) in [7, 11) is 0. The van der Waals surface area contributed by atoms with Crippen LogP contribution in [0.3, 0.4) is 0 Å². The second kappa shape index (κ2) is 8.81. The molecule has 4 aromatic rings. The third kappa shape index (κ3) is 4.05. The number of fused-ring (bicyclic) bond motifs is 2. The molecule has 1 atom stereocenters. The van der Waals surface area contributed by atoms with Crippen LogP contribution in [0.25, 0.3) is 20.7 Å². The largest absolute Gasteiger partial charge is 0.365 e. The van der Waals surface area contributed by atoms with E-state index in [1.807, 2.05) is 36.4 Å². The Bertz CT molecular complexity index is 1480. The molecule has 5 rings (SSSR count). The second-order valence-corrected chi connectivity index (χ2v) is 10.8. The van der Waals surface area contributed by atoms with Crippen molar-refractivity contribution in [2.75, 3.05) is 5.32 Å². The van der Waals surface area contributed by atoms with Crippen molar-refractivity contribution in [2.45, 2.75) is 39.7 Å². The molecule has 1 aliphatic carbocycles. The fourth-order valence-electron chi connectivity index (χ4n) is 4.46. The monoisotopic (exact) mass is 492 g/mol. The van der Waals surface area contributed by atoms with Gasteiger partial charge in [-0.05, 0) is 49.3 Å². The lowest BCUT2D eigenvalue weighted by Gasteiger charge is -2.18. The van der Waals surface area contributed by atoms with E-state index in [1.165, 1.54) is 27.2 Å². The van der Waals surface area contributed by atoms with Crippen LogP contribution in [-0.2, 0) is 24.2 Å². The number of aryl methyl sites for hydroxylation is 1. The molecule has 0 bridgehead atoms. The highest BCUT2D eigenvalue weighted by Crippen LogP contribution is 2.39. The average Bonchev–Trinajstić information content (AvgIpc) is 3.38. The Morgan fingerprint density at radius 2 is 2.00 bits per heavy atom. The Morgan fingerprint density at radius 3 is 2.74 bits per heavy atom. The van der Waals surface area contributed by atoms with Crippen LogP contribution >= 0.6 is 22.7 Å². The third-order valence-corrected chi connectivity index (χ3v) is 8.46. The van der Waals surface area contributed by atoms with Crippen LogP contribution < -0.4 is 16.6 Å². The molecule has 0 spiro atoms. The molecule has 174 valence electrons. The van der Waals surface area contributed by atoms with Crippen molar-refractivity contribution in [3.05, 3.63) is 68.6 Å². The number of anilines is 1. The number of benzene rings is 1. The second-order valence-electron chi connectivity index (χ2n) is 8.71. The average molecular weight is 493 g/mol. The van der Waals surface area contributed by atoms with Gasteiger partial charge in [0.1, 0.15) is 22.2 Å². The van der Waals surface area contributed by atoms with Gasteiger partial charge in [-0.25, -0.2) is 4.98 Å². The number of carbonyl (C=O) groups excluding carboxylic acids is 2. The number of nitrogens with two attached hydrogens (primary N) is 1. The van der Waals surface area contributed by atoms with Gasteiger partial charge in [0.2, 0.25) is 5.91 Å². The summed E-state index contributed by atoms with van der Waals surface area (Å²) in [5.74, 6) is 0.0638. The summed E-state index contributed by atoms with van der Waals surface area (Å²) in [5.41, 5.74) is 7.77. The molecule has 0 saturated carbocycles. The van der Waals surface area contributed by atoms with Crippen molar-refractivity contribution in [2.24, 2.45) is 11.7 Å². The van der Waals surface area contributed by atoms with Crippen molar-refractivity contribution in [1.29, 1.82) is 0 Å². The summed E-state index contributed by atoms with van der Waals surface area (Å²) < 4.78 is 1.37. The zero-order chi connectivity index (χ0) is 24.0. The number of amides is 2. The van der Waals surface area contributed by atoms with E-state index in [4.69, 9.17) is 5.73 Å². The molecular formula is C25H24N4O3S2. The maximum Gasteiger partial charge on any atom is 0.262 e. The summed E-state index contributed by atoms with van der Waals surface area (Å²) in [6, 6.07) is 11.6. The highest BCUT2D eigenvalue weighted by molar-refractivity contribution is 7.21. The smallest absolute Gasteiger partial charge is 0.262 e. The standard InChI is InChI=1S/C25H24N4O3S2/c1-13-8-9-16-19(10-13)34-24(21(16)22(26)31)28-20(30)12-29-14(2)27-23-17(25(29)32)11-18(33-23)15-6-4-3-5-7-15/h3-7,11,13H,8-10,12H2,1-2H3,(H2,26,31)(H,28,30). The molecule has 2 amide bonds. The van der Waals surface area contributed by atoms with Crippen LogP contribution in [-0.4, -0.2) is 21.4 Å². The van der Waals surface area contributed by atoms with E-state index < -0.39 is 5.91 Å². The molecule has 3 N–H and O–H groups in total. The van der Waals surface area contributed by atoms with Crippen molar-refractivity contribution in [1.82, 2.24) is 9.55 Å². The number of hydrogen-bond donors (Lipinski definition) is 2. The van der Waals surface area contributed by atoms with Crippen molar-refractivity contribution < 1.29 is 9.59 Å². The molecule has 1 aromatic carbocycles. The minimum absolute atomic E-state index is 0.193. The van der Waals surface area contributed by atoms with Crippen LogP contribution in [0.4, 0.5) is 5.00 Å². The first kappa shape index (κ1) is 22.5. The highest BCUT2D eigenvalue weighted by Gasteiger charge is 2.27. The maximum atomic E-state index is 13.2. The van der Waals surface area contributed by atoms with Crippen LogP contribution in [0, 0.1) is 12.8 Å². The predicted molar refractivity (Wildman–Crippen MR) is 137 cm³/mol. The number of hydrogen-bond acceptors (Lipinski definition) is 6. The van der Waals surface area contributed by atoms with Gasteiger partial charge in [0.05, 0.1) is 10.9 Å². The van der Waals surface area contributed by atoms with E-state index in [0.29, 0.717) is 32.5 Å². The zero-order valence-corrected chi connectivity index (χ0v) is 20.5. The first-order chi connectivity index (χ1) is 16.3. The van der Waals surface area contributed by atoms with Gasteiger partial charge in [-0.3, -0.25) is 19.0 Å². The highest BCUT2D eigenvalue weighted by atomic mass is 32.1. The van der Waals surface area contributed by atoms with Crippen LogP contribution in [0.5, 0.6) is 0 Å². The summed E-state index contributed by atoms with van der Waals surface area (Å²) in [6.45, 7) is 3.70. The van der Waals surface area contributed by atoms with Gasteiger partial charge in [-0.2, -0.15) is 0 Å². The molecular weight excluding hydrogens is 468 g/mol. The molecule has 34 heavy (non-hydrogen) atoms. The number of primary amides is 1. The first-order valence-corrected chi connectivity index (χ1v) is 12.8. The van der Waals surface area contributed by atoms with Gasteiger partial charge < -0.3 is 11.1 Å². The summed E-state index contributed by atoms with van der Waals surface area (Å²) in [6.07, 6.45) is 2.64. The maximum absolute atomic E-state index is 13.2. The molecule has 0 radical (unpaired) electrons. The third-order valence-electron chi connectivity index (χ3n) is 6.21. The van der Waals surface area contributed by atoms with Crippen LogP contribution in [0.1, 0.15) is 40.0 Å². The molecule has 9 heteroatoms. The van der Waals surface area contributed by atoms with Crippen molar-refractivity contribution >= 4 is 49.7 Å². The number of aromatic nitrogens is 2. The summed E-state index contributed by atoms with van der Waals surface area (Å²) in [5, 5.41) is 3.80. The van der Waals surface area contributed by atoms with E-state index in [1.54, 1.807) is 6.92 Å². The van der Waals surface area contributed by atoms with Crippen LogP contribution in [0.15, 0.2) is 41.2 Å². The number of rotatable bonds is 5. The molecule has 3 heterocycles. The van der Waals surface area contributed by atoms with E-state index in [2.05, 4.69) is 17.2 Å². The molecule has 0 saturated heterocycles. The molecule has 1 unspecified atom stereocenters. The zero-order valence-electron chi connectivity index (χ0n) is 18.9. The summed E-state index contributed by atoms with van der Waals surface area (Å²) >= 11 is 2.87. The molecule has 3 aromatic heterocycles. The van der Waals surface area contributed by atoms with E-state index in [0.717, 1.165) is 40.1 Å². The van der Waals surface area contributed by atoms with E-state index in [-0.39, 0.29) is 18.0 Å². The minimum atomic E-state index is -0.537. The predicted octanol–water partition coefficient (Wildman–Crippen LogP) is 4.36. The number of nitrogens with one attached hydrogen (secondary N) is 1. The molecule has 1 aliphatic rings. The Kier molecular flexibility index (Phi) is 5.83. The minimum Gasteiger partial charge on any atom is -0.365 e. The van der Waals surface area contributed by atoms with Gasteiger partial charge in [0, 0.05) is 9.75 Å². The Hall–Kier alpha value is -3.30. The SMILES string of the molecule is Cc1nc2sc(-c3ccccc3)cc2c(=O)n1CC(=O)Nc1sc2c(c1C(N)=O)CCC(C)C2. The number of thiophene rings is 2. The number of nitrogens with zero attached hydrogens (tertiary/aromatic N) is 2. The fraction of sp³-hybridized carbons (Fsp3) is 0.280. The van der Waals surface area contributed by atoms with Crippen LogP contribution in [0.2, 0.25) is 0 Å².